The molecule has 3 fully saturated rings. The Morgan fingerprint density at radius 3 is 2.53 bits per heavy atom. The maximum absolute atomic E-state index is 3.57. The van der Waals surface area contributed by atoms with Crippen molar-refractivity contribution in [3.8, 4) is 0 Å². The molecule has 98 valence electrons. The largest absolute Gasteiger partial charge is 0.316 e. The number of fused-ring (bicyclic) bond motifs is 1. The van der Waals surface area contributed by atoms with Crippen LogP contribution in [0.1, 0.15) is 27.2 Å². The Labute approximate surface area is 106 Å². The molecular weight excluding hydrogens is 210 g/mol. The first kappa shape index (κ1) is 11.9. The van der Waals surface area contributed by atoms with Crippen molar-refractivity contribution in [2.75, 3.05) is 33.2 Å². The van der Waals surface area contributed by atoms with Gasteiger partial charge in [0.2, 0.25) is 0 Å². The molecule has 3 rings (SSSR count). The SMILES string of the molecule is CC1CC(N2CC3CNCC3C2(C)C)CN1C. The van der Waals surface area contributed by atoms with Gasteiger partial charge in [-0.1, -0.05) is 0 Å². The van der Waals surface area contributed by atoms with Crippen molar-refractivity contribution in [2.45, 2.75) is 44.8 Å². The lowest BCUT2D eigenvalue weighted by Gasteiger charge is -2.39. The smallest absolute Gasteiger partial charge is 0.0243 e. The minimum absolute atomic E-state index is 0.393. The van der Waals surface area contributed by atoms with E-state index in [2.05, 4.69) is 42.9 Å². The summed E-state index contributed by atoms with van der Waals surface area (Å²) in [5.74, 6) is 1.76. The summed E-state index contributed by atoms with van der Waals surface area (Å²) in [7, 11) is 2.27. The Balaban J connectivity index is 1.76. The van der Waals surface area contributed by atoms with Gasteiger partial charge in [0, 0.05) is 37.3 Å². The molecule has 3 heteroatoms. The van der Waals surface area contributed by atoms with Gasteiger partial charge in [-0.2, -0.15) is 0 Å². The van der Waals surface area contributed by atoms with Gasteiger partial charge >= 0.3 is 0 Å². The second-order valence-electron chi connectivity index (χ2n) is 7.01. The minimum Gasteiger partial charge on any atom is -0.316 e. The van der Waals surface area contributed by atoms with E-state index in [1.54, 1.807) is 0 Å². The van der Waals surface area contributed by atoms with Crippen LogP contribution in [0, 0.1) is 11.8 Å². The monoisotopic (exact) mass is 237 g/mol. The van der Waals surface area contributed by atoms with Gasteiger partial charge in [0.15, 0.2) is 0 Å². The van der Waals surface area contributed by atoms with E-state index in [9.17, 15) is 0 Å². The fraction of sp³-hybridized carbons (Fsp3) is 1.00. The molecule has 4 unspecified atom stereocenters. The van der Waals surface area contributed by atoms with Gasteiger partial charge in [-0.25, -0.2) is 0 Å². The van der Waals surface area contributed by atoms with Crippen LogP contribution in [0.2, 0.25) is 0 Å². The molecule has 0 aliphatic carbocycles. The van der Waals surface area contributed by atoms with Crippen LogP contribution < -0.4 is 5.32 Å². The predicted molar refractivity (Wildman–Crippen MR) is 71.1 cm³/mol. The highest BCUT2D eigenvalue weighted by atomic mass is 15.3. The van der Waals surface area contributed by atoms with Crippen molar-refractivity contribution in [1.29, 1.82) is 0 Å². The molecule has 0 spiro atoms. The zero-order chi connectivity index (χ0) is 12.2. The lowest BCUT2D eigenvalue weighted by molar-refractivity contribution is 0.0927. The summed E-state index contributed by atoms with van der Waals surface area (Å²) in [5.41, 5.74) is 0.393. The number of hydrogen-bond acceptors (Lipinski definition) is 3. The predicted octanol–water partition coefficient (Wildman–Crippen LogP) is 1.01. The summed E-state index contributed by atoms with van der Waals surface area (Å²) in [4.78, 5) is 5.34. The van der Waals surface area contributed by atoms with E-state index >= 15 is 0 Å². The van der Waals surface area contributed by atoms with Gasteiger partial charge in [-0.15, -0.1) is 0 Å². The van der Waals surface area contributed by atoms with Crippen molar-refractivity contribution >= 4 is 0 Å². The molecule has 0 saturated carbocycles. The highest BCUT2D eigenvalue weighted by molar-refractivity contribution is 5.07. The van der Waals surface area contributed by atoms with Crippen molar-refractivity contribution in [1.82, 2.24) is 15.1 Å². The van der Waals surface area contributed by atoms with Crippen LogP contribution in [0.15, 0.2) is 0 Å². The van der Waals surface area contributed by atoms with Gasteiger partial charge in [0.05, 0.1) is 0 Å². The number of hydrogen-bond donors (Lipinski definition) is 1. The Hall–Kier alpha value is -0.120. The van der Waals surface area contributed by atoms with Gasteiger partial charge in [-0.05, 0) is 52.6 Å². The average molecular weight is 237 g/mol. The molecule has 0 aromatic rings. The molecule has 3 aliphatic heterocycles. The highest BCUT2D eigenvalue weighted by Gasteiger charge is 2.52. The zero-order valence-electron chi connectivity index (χ0n) is 11.7. The number of likely N-dealkylation sites (N-methyl/N-ethyl adjacent to an activating group) is 1. The third kappa shape index (κ3) is 1.74. The fourth-order valence-corrected chi connectivity index (χ4v) is 4.46. The number of rotatable bonds is 1. The summed E-state index contributed by atoms with van der Waals surface area (Å²) in [5, 5.41) is 3.57. The summed E-state index contributed by atoms with van der Waals surface area (Å²) < 4.78 is 0. The number of likely N-dealkylation sites (tertiary alicyclic amines) is 2. The van der Waals surface area contributed by atoms with Crippen LogP contribution in [-0.4, -0.2) is 60.6 Å². The average Bonchev–Trinajstić information content (AvgIpc) is 2.87. The van der Waals surface area contributed by atoms with Crippen LogP contribution >= 0.6 is 0 Å². The van der Waals surface area contributed by atoms with Gasteiger partial charge in [0.25, 0.3) is 0 Å². The Morgan fingerprint density at radius 1 is 1.18 bits per heavy atom. The number of nitrogens with one attached hydrogen (secondary N) is 1. The van der Waals surface area contributed by atoms with E-state index in [0.29, 0.717) is 5.54 Å². The van der Waals surface area contributed by atoms with Crippen LogP contribution in [0.3, 0.4) is 0 Å². The highest BCUT2D eigenvalue weighted by Crippen LogP contribution is 2.43. The second kappa shape index (κ2) is 3.94. The summed E-state index contributed by atoms with van der Waals surface area (Å²) in [6, 6.07) is 1.55. The van der Waals surface area contributed by atoms with Gasteiger partial charge in [-0.3, -0.25) is 4.90 Å². The van der Waals surface area contributed by atoms with E-state index in [0.717, 1.165) is 23.9 Å². The molecule has 17 heavy (non-hydrogen) atoms. The molecule has 4 atom stereocenters. The van der Waals surface area contributed by atoms with Crippen LogP contribution in [0.4, 0.5) is 0 Å². The van der Waals surface area contributed by atoms with Crippen LogP contribution in [-0.2, 0) is 0 Å². The molecule has 3 heterocycles. The Kier molecular flexibility index (Phi) is 2.77. The molecule has 3 nitrogen and oxygen atoms in total. The quantitative estimate of drug-likeness (QED) is 0.734. The van der Waals surface area contributed by atoms with E-state index in [-0.39, 0.29) is 0 Å². The molecule has 3 saturated heterocycles. The second-order valence-corrected chi connectivity index (χ2v) is 7.01. The van der Waals surface area contributed by atoms with E-state index < -0.39 is 0 Å². The summed E-state index contributed by atoms with van der Waals surface area (Å²) in [6.45, 7) is 12.3. The van der Waals surface area contributed by atoms with Crippen LogP contribution in [0.25, 0.3) is 0 Å². The molecule has 0 aromatic heterocycles. The molecule has 1 N–H and O–H groups in total. The fourth-order valence-electron chi connectivity index (χ4n) is 4.46. The first-order valence-electron chi connectivity index (χ1n) is 7.18. The standard InChI is InChI=1S/C14H27N3/c1-10-5-12(9-16(10)4)17-8-11-6-15-7-13(11)14(17,2)3/h10-13,15H,5-9H2,1-4H3. The zero-order valence-corrected chi connectivity index (χ0v) is 11.7. The minimum atomic E-state index is 0.393. The lowest BCUT2D eigenvalue weighted by Crippen LogP contribution is -2.50. The first-order chi connectivity index (χ1) is 8.00. The van der Waals surface area contributed by atoms with E-state index in [1.807, 2.05) is 0 Å². The Bertz CT molecular complexity index is 292. The number of nitrogens with zero attached hydrogens (tertiary/aromatic N) is 2. The molecule has 0 radical (unpaired) electrons. The lowest BCUT2D eigenvalue weighted by atomic mass is 9.84. The van der Waals surface area contributed by atoms with Gasteiger partial charge < -0.3 is 10.2 Å². The normalized spacial score (nSPS) is 46.6. The van der Waals surface area contributed by atoms with Crippen molar-refractivity contribution in [3.05, 3.63) is 0 Å². The summed E-state index contributed by atoms with van der Waals surface area (Å²) in [6.07, 6.45) is 1.35. The molecule has 3 aliphatic rings. The van der Waals surface area contributed by atoms with E-state index in [1.165, 1.54) is 32.6 Å². The Morgan fingerprint density at radius 2 is 1.94 bits per heavy atom. The van der Waals surface area contributed by atoms with Crippen molar-refractivity contribution < 1.29 is 0 Å². The molecule has 0 bridgehead atoms. The van der Waals surface area contributed by atoms with E-state index in [4.69, 9.17) is 0 Å². The topological polar surface area (TPSA) is 18.5 Å². The molecule has 0 aromatic carbocycles. The van der Waals surface area contributed by atoms with Crippen molar-refractivity contribution in [3.63, 3.8) is 0 Å². The first-order valence-corrected chi connectivity index (χ1v) is 7.18. The third-order valence-electron chi connectivity index (χ3n) is 5.72. The van der Waals surface area contributed by atoms with Gasteiger partial charge in [0.1, 0.15) is 0 Å². The summed E-state index contributed by atoms with van der Waals surface area (Å²) >= 11 is 0. The maximum atomic E-state index is 3.57. The third-order valence-corrected chi connectivity index (χ3v) is 5.72. The molecule has 0 amide bonds. The van der Waals surface area contributed by atoms with Crippen LogP contribution in [0.5, 0.6) is 0 Å². The maximum Gasteiger partial charge on any atom is 0.0243 e. The van der Waals surface area contributed by atoms with Crippen molar-refractivity contribution in [2.24, 2.45) is 11.8 Å². The molecular formula is C14H27N3.